The van der Waals surface area contributed by atoms with Crippen molar-refractivity contribution < 1.29 is 13.2 Å². The van der Waals surface area contributed by atoms with E-state index in [0.717, 1.165) is 30.2 Å². The zero-order valence-electron chi connectivity index (χ0n) is 14.4. The van der Waals surface area contributed by atoms with Crippen LogP contribution in [0.4, 0.5) is 0 Å². The number of hydrogen-bond donors (Lipinski definition) is 1. The molecule has 0 aliphatic carbocycles. The number of hydrogen-bond acceptors (Lipinski definition) is 4. The van der Waals surface area contributed by atoms with Crippen molar-refractivity contribution in [3.63, 3.8) is 0 Å². The molecule has 1 aliphatic rings. The Hall–Kier alpha value is -1.70. The zero-order valence-corrected chi connectivity index (χ0v) is 16.0. The number of likely N-dealkylation sites (tertiary alicyclic amines) is 1. The molecule has 0 spiro atoms. The molecule has 1 saturated heterocycles. The number of rotatable bonds is 4. The van der Waals surface area contributed by atoms with Crippen LogP contribution in [0.1, 0.15) is 28.1 Å². The maximum absolute atomic E-state index is 13.0. The van der Waals surface area contributed by atoms with E-state index >= 15 is 0 Å². The highest BCUT2D eigenvalue weighted by atomic mass is 32.2. The van der Waals surface area contributed by atoms with Crippen LogP contribution in [0.5, 0.6) is 0 Å². The van der Waals surface area contributed by atoms with Crippen molar-refractivity contribution in [2.24, 2.45) is 0 Å². The summed E-state index contributed by atoms with van der Waals surface area (Å²) in [5.74, 6) is -0.0226. The molecule has 0 unspecified atom stereocenters. The maximum atomic E-state index is 13.0. The van der Waals surface area contributed by atoms with Gasteiger partial charge in [-0.3, -0.25) is 4.79 Å². The molecule has 2 aromatic rings. The van der Waals surface area contributed by atoms with E-state index in [2.05, 4.69) is 4.72 Å². The van der Waals surface area contributed by atoms with Crippen LogP contribution in [-0.2, 0) is 10.0 Å². The summed E-state index contributed by atoms with van der Waals surface area (Å²) in [6.07, 6.45) is 2.71. The van der Waals surface area contributed by atoms with E-state index in [1.54, 1.807) is 4.90 Å². The van der Waals surface area contributed by atoms with Gasteiger partial charge in [0.1, 0.15) is 0 Å². The van der Waals surface area contributed by atoms with Crippen molar-refractivity contribution in [2.75, 3.05) is 19.3 Å². The third kappa shape index (κ3) is 4.48. The quantitative estimate of drug-likeness (QED) is 0.890. The highest BCUT2D eigenvalue weighted by Crippen LogP contribution is 2.30. The van der Waals surface area contributed by atoms with E-state index in [-0.39, 0.29) is 11.9 Å². The summed E-state index contributed by atoms with van der Waals surface area (Å²) < 4.78 is 25.5. The van der Waals surface area contributed by atoms with Crippen LogP contribution < -0.4 is 4.72 Å². The van der Waals surface area contributed by atoms with Crippen molar-refractivity contribution in [1.82, 2.24) is 9.62 Å². The van der Waals surface area contributed by atoms with Crippen molar-refractivity contribution in [3.05, 3.63) is 46.2 Å². The van der Waals surface area contributed by atoms with Gasteiger partial charge in [0.2, 0.25) is 10.0 Å². The Bertz CT molecular complexity index is 857. The summed E-state index contributed by atoms with van der Waals surface area (Å²) in [7, 11) is -3.27. The topological polar surface area (TPSA) is 66.5 Å². The van der Waals surface area contributed by atoms with Crippen molar-refractivity contribution in [3.8, 4) is 11.1 Å². The molecule has 1 aliphatic heterocycles. The molecule has 1 fully saturated rings. The second-order valence-corrected chi connectivity index (χ2v) is 9.21. The van der Waals surface area contributed by atoms with Gasteiger partial charge in [0.25, 0.3) is 5.91 Å². The Balaban J connectivity index is 1.80. The SMILES string of the molecule is Cc1ccc(-c2ccsc2C(=O)N2CCC[C@H](NS(C)(=O)=O)C2)cc1. The van der Waals surface area contributed by atoms with Crippen LogP contribution in [-0.4, -0.2) is 44.6 Å². The molecular formula is C18H22N2O3S2. The second kappa shape index (κ2) is 7.27. The van der Waals surface area contributed by atoms with E-state index < -0.39 is 10.0 Å². The average Bonchev–Trinajstić information content (AvgIpc) is 3.03. The first-order chi connectivity index (χ1) is 11.8. The highest BCUT2D eigenvalue weighted by molar-refractivity contribution is 7.88. The molecule has 2 heterocycles. The zero-order chi connectivity index (χ0) is 18.0. The third-order valence-corrected chi connectivity index (χ3v) is 5.98. The Kier molecular flexibility index (Phi) is 5.27. The van der Waals surface area contributed by atoms with Gasteiger partial charge < -0.3 is 4.90 Å². The van der Waals surface area contributed by atoms with Gasteiger partial charge in [0.05, 0.1) is 11.1 Å². The van der Waals surface area contributed by atoms with Crippen molar-refractivity contribution >= 4 is 27.3 Å². The number of amides is 1. The second-order valence-electron chi connectivity index (χ2n) is 6.51. The number of carbonyl (C=O) groups is 1. The number of nitrogens with one attached hydrogen (secondary N) is 1. The smallest absolute Gasteiger partial charge is 0.264 e. The molecule has 0 saturated carbocycles. The fraction of sp³-hybridized carbons (Fsp3) is 0.389. The van der Waals surface area contributed by atoms with E-state index in [1.165, 1.54) is 16.9 Å². The molecule has 1 N–H and O–H groups in total. The van der Waals surface area contributed by atoms with Crippen molar-refractivity contribution in [2.45, 2.75) is 25.8 Å². The van der Waals surface area contributed by atoms with Crippen LogP contribution >= 0.6 is 11.3 Å². The lowest BCUT2D eigenvalue weighted by Gasteiger charge is -2.32. The summed E-state index contributed by atoms with van der Waals surface area (Å²) in [6.45, 7) is 3.11. The van der Waals surface area contributed by atoms with Crippen LogP contribution in [0.15, 0.2) is 35.7 Å². The lowest BCUT2D eigenvalue weighted by molar-refractivity contribution is 0.0709. The first kappa shape index (κ1) is 18.1. The molecule has 1 amide bonds. The monoisotopic (exact) mass is 378 g/mol. The largest absolute Gasteiger partial charge is 0.336 e. The number of aryl methyl sites for hydroxylation is 1. The molecule has 134 valence electrons. The third-order valence-electron chi connectivity index (χ3n) is 4.31. The molecule has 1 aromatic carbocycles. The Labute approximate surface area is 152 Å². The summed E-state index contributed by atoms with van der Waals surface area (Å²) in [5, 5.41) is 1.93. The number of thiophene rings is 1. The number of piperidine rings is 1. The first-order valence-electron chi connectivity index (χ1n) is 8.24. The highest BCUT2D eigenvalue weighted by Gasteiger charge is 2.28. The molecular weight excluding hydrogens is 356 g/mol. The fourth-order valence-corrected chi connectivity index (χ4v) is 4.82. The number of benzene rings is 1. The average molecular weight is 379 g/mol. The fourth-order valence-electron chi connectivity index (χ4n) is 3.14. The number of sulfonamides is 1. The summed E-state index contributed by atoms with van der Waals surface area (Å²) in [4.78, 5) is 15.5. The molecule has 25 heavy (non-hydrogen) atoms. The Morgan fingerprint density at radius 2 is 1.96 bits per heavy atom. The van der Waals surface area contributed by atoms with Gasteiger partial charge >= 0.3 is 0 Å². The first-order valence-corrected chi connectivity index (χ1v) is 11.0. The minimum atomic E-state index is -3.27. The maximum Gasteiger partial charge on any atom is 0.264 e. The van der Waals surface area contributed by atoms with E-state index in [0.29, 0.717) is 18.0 Å². The normalized spacial score (nSPS) is 18.3. The molecule has 5 nitrogen and oxygen atoms in total. The van der Waals surface area contributed by atoms with Crippen molar-refractivity contribution in [1.29, 1.82) is 0 Å². The van der Waals surface area contributed by atoms with Gasteiger partial charge in [-0.05, 0) is 36.8 Å². The van der Waals surface area contributed by atoms with Gasteiger partial charge in [-0.2, -0.15) is 0 Å². The summed E-state index contributed by atoms with van der Waals surface area (Å²) in [6, 6.07) is 9.88. The Morgan fingerprint density at radius 1 is 1.24 bits per heavy atom. The molecule has 7 heteroatoms. The summed E-state index contributed by atoms with van der Waals surface area (Å²) >= 11 is 1.43. The predicted octanol–water partition coefficient (Wildman–Crippen LogP) is 2.88. The van der Waals surface area contributed by atoms with Crippen LogP contribution in [0.2, 0.25) is 0 Å². The minimum Gasteiger partial charge on any atom is -0.336 e. The molecule has 3 rings (SSSR count). The number of carbonyl (C=O) groups excluding carboxylic acids is 1. The minimum absolute atomic E-state index is 0.0226. The lowest BCUT2D eigenvalue weighted by Crippen LogP contribution is -2.49. The van der Waals surface area contributed by atoms with Crippen LogP contribution in [0.3, 0.4) is 0 Å². The van der Waals surface area contributed by atoms with Gasteiger partial charge in [-0.1, -0.05) is 29.8 Å². The van der Waals surface area contributed by atoms with E-state index in [9.17, 15) is 13.2 Å². The van der Waals surface area contributed by atoms with Gasteiger partial charge in [-0.25, -0.2) is 13.1 Å². The van der Waals surface area contributed by atoms with Crippen LogP contribution in [0.25, 0.3) is 11.1 Å². The lowest BCUT2D eigenvalue weighted by atomic mass is 10.0. The number of nitrogens with zero attached hydrogens (tertiary/aromatic N) is 1. The summed E-state index contributed by atoms with van der Waals surface area (Å²) in [5.41, 5.74) is 3.14. The molecule has 1 atom stereocenters. The molecule has 1 aromatic heterocycles. The Morgan fingerprint density at radius 3 is 2.64 bits per heavy atom. The van der Waals surface area contributed by atoms with Gasteiger partial charge in [-0.15, -0.1) is 11.3 Å². The van der Waals surface area contributed by atoms with Gasteiger partial charge in [0, 0.05) is 24.7 Å². The molecule has 0 radical (unpaired) electrons. The van der Waals surface area contributed by atoms with E-state index in [4.69, 9.17) is 0 Å². The molecule has 0 bridgehead atoms. The van der Waals surface area contributed by atoms with E-state index in [1.807, 2.05) is 42.6 Å². The van der Waals surface area contributed by atoms with Gasteiger partial charge in [0.15, 0.2) is 0 Å². The predicted molar refractivity (Wildman–Crippen MR) is 101 cm³/mol. The standard InChI is InChI=1S/C18H22N2O3S2/c1-13-5-7-14(8-6-13)16-9-11-24-17(16)18(21)20-10-3-4-15(12-20)19-25(2,22)23/h5-9,11,15,19H,3-4,10,12H2,1-2H3/t15-/m0/s1. The van der Waals surface area contributed by atoms with Crippen LogP contribution in [0, 0.1) is 6.92 Å².